The molecule has 1 atom stereocenters. The van der Waals surface area contributed by atoms with E-state index in [-0.39, 0.29) is 0 Å². The number of aryl methyl sites for hydroxylation is 1. The monoisotopic (exact) mass is 537 g/mol. The summed E-state index contributed by atoms with van der Waals surface area (Å²) >= 11 is 1.57. The van der Waals surface area contributed by atoms with Crippen molar-refractivity contribution >= 4 is 17.3 Å². The third-order valence-corrected chi connectivity index (χ3v) is 7.72. The van der Waals surface area contributed by atoms with Crippen LogP contribution in [0.5, 0.6) is 23.0 Å². The molecule has 2 heterocycles. The molecule has 3 aromatic rings. The number of ether oxygens (including phenoxy) is 4. The fourth-order valence-electron chi connectivity index (χ4n) is 5.04. The van der Waals surface area contributed by atoms with E-state index >= 15 is 0 Å². The number of hydrogen-bond acceptors (Lipinski definition) is 7. The van der Waals surface area contributed by atoms with Crippen molar-refractivity contribution < 1.29 is 28.8 Å². The van der Waals surface area contributed by atoms with E-state index in [2.05, 4.69) is 11.9 Å². The predicted octanol–water partition coefficient (Wildman–Crippen LogP) is 6.35. The summed E-state index contributed by atoms with van der Waals surface area (Å²) < 4.78 is 24.2. The first-order valence-electron chi connectivity index (χ1n) is 13.5. The van der Waals surface area contributed by atoms with E-state index in [1.807, 2.05) is 35.2 Å². The maximum absolute atomic E-state index is 11.5. The number of carboxylic acids is 1. The molecule has 7 nitrogen and oxygen atoms in total. The molecule has 0 spiro atoms. The van der Waals surface area contributed by atoms with E-state index in [1.54, 1.807) is 18.4 Å². The smallest absolute Gasteiger partial charge is 0.344 e. The van der Waals surface area contributed by atoms with Crippen LogP contribution in [0.25, 0.3) is 11.3 Å². The Bertz CT molecular complexity index is 1250. The van der Waals surface area contributed by atoms with Crippen molar-refractivity contribution in [1.29, 1.82) is 0 Å². The molecule has 0 saturated heterocycles. The minimum absolute atomic E-state index is 0.490. The van der Waals surface area contributed by atoms with Crippen molar-refractivity contribution in [2.24, 2.45) is 5.92 Å². The van der Waals surface area contributed by atoms with Crippen LogP contribution in [0.1, 0.15) is 55.7 Å². The van der Waals surface area contributed by atoms with Crippen LogP contribution in [-0.4, -0.2) is 42.5 Å². The first-order chi connectivity index (χ1) is 18.6. The van der Waals surface area contributed by atoms with E-state index < -0.39 is 12.1 Å². The first-order valence-corrected chi connectivity index (χ1v) is 14.4. The van der Waals surface area contributed by atoms with Crippen LogP contribution >= 0.6 is 11.3 Å². The molecule has 1 aromatic heterocycles. The number of benzene rings is 2. The molecule has 2 aliphatic rings. The quantitative estimate of drug-likeness (QED) is 0.254. The maximum atomic E-state index is 11.5. The molecular weight excluding hydrogens is 502 g/mol. The Morgan fingerprint density at radius 2 is 1.87 bits per heavy atom. The van der Waals surface area contributed by atoms with Crippen LogP contribution in [0.15, 0.2) is 35.2 Å². The summed E-state index contributed by atoms with van der Waals surface area (Å²) in [6.07, 6.45) is 6.22. The number of aliphatic carboxylic acids is 1. The van der Waals surface area contributed by atoms with Crippen LogP contribution in [0.4, 0.5) is 0 Å². The lowest BCUT2D eigenvalue weighted by molar-refractivity contribution is -0.145. The normalized spacial score (nSPS) is 16.4. The Hall–Kier alpha value is -3.26. The number of carboxylic acid groups (broad SMARTS) is 1. The van der Waals surface area contributed by atoms with E-state index in [0.29, 0.717) is 44.1 Å². The third-order valence-electron chi connectivity index (χ3n) is 7.13. The van der Waals surface area contributed by atoms with Gasteiger partial charge in [0.15, 0.2) is 6.10 Å². The molecule has 0 amide bonds. The molecule has 1 N–H and O–H groups in total. The minimum atomic E-state index is -0.918. The Balaban J connectivity index is 1.24. The van der Waals surface area contributed by atoms with E-state index in [9.17, 15) is 9.90 Å². The standard InChI is InChI=1S/C30H35NO6S/c1-3-5-22-25(11-8-20-9-12-27(30(32)33)37-28(20)22)35-14-4-15-36-26-13-10-21(24-17-38-18-31-24)29(34-2)23(26)16-19-6-7-19/h8,10-11,13,17-19,27H,3-7,9,12,14-16H2,1-2H3,(H,32,33)/t27-/m1/s1. The zero-order chi connectivity index (χ0) is 26.5. The summed E-state index contributed by atoms with van der Waals surface area (Å²) in [5.74, 6) is 2.94. The third kappa shape index (κ3) is 5.90. The topological polar surface area (TPSA) is 87.1 Å². The van der Waals surface area contributed by atoms with E-state index in [4.69, 9.17) is 18.9 Å². The lowest BCUT2D eigenvalue weighted by atomic mass is 9.96. The molecule has 202 valence electrons. The maximum Gasteiger partial charge on any atom is 0.344 e. The van der Waals surface area contributed by atoms with Gasteiger partial charge in [-0.25, -0.2) is 9.78 Å². The van der Waals surface area contributed by atoms with Crippen molar-refractivity contribution in [3.63, 3.8) is 0 Å². The highest BCUT2D eigenvalue weighted by molar-refractivity contribution is 7.07. The molecule has 1 fully saturated rings. The largest absolute Gasteiger partial charge is 0.496 e. The highest BCUT2D eigenvalue weighted by Crippen LogP contribution is 2.43. The van der Waals surface area contributed by atoms with Gasteiger partial charge in [0.25, 0.3) is 0 Å². The Kier molecular flexibility index (Phi) is 8.37. The fourth-order valence-corrected chi connectivity index (χ4v) is 5.59. The number of carbonyl (C=O) groups is 1. The number of methoxy groups -OCH3 is 1. The van der Waals surface area contributed by atoms with Gasteiger partial charge in [-0.3, -0.25) is 0 Å². The molecular formula is C30H35NO6S. The van der Waals surface area contributed by atoms with Gasteiger partial charge in [0.1, 0.15) is 23.0 Å². The zero-order valence-electron chi connectivity index (χ0n) is 22.0. The fraction of sp³-hybridized carbons (Fsp3) is 0.467. The summed E-state index contributed by atoms with van der Waals surface area (Å²) in [6, 6.07) is 8.06. The van der Waals surface area contributed by atoms with Gasteiger partial charge in [-0.2, -0.15) is 0 Å². The van der Waals surface area contributed by atoms with Crippen LogP contribution in [0.2, 0.25) is 0 Å². The minimum Gasteiger partial charge on any atom is -0.496 e. The SMILES string of the molecule is CCCc1c(OCCCOc2ccc(-c3cscn3)c(OC)c2CC2CC2)ccc2c1O[C@@H](C(=O)O)CC2. The summed E-state index contributed by atoms with van der Waals surface area (Å²) in [6.45, 7) is 3.11. The lowest BCUT2D eigenvalue weighted by Crippen LogP contribution is -2.31. The van der Waals surface area contributed by atoms with E-state index in [0.717, 1.165) is 64.5 Å². The molecule has 0 radical (unpaired) electrons. The Morgan fingerprint density at radius 1 is 1.11 bits per heavy atom. The molecule has 5 rings (SSSR count). The molecule has 1 aliphatic carbocycles. The van der Waals surface area contributed by atoms with Crippen molar-refractivity contribution in [2.45, 2.75) is 64.4 Å². The second kappa shape index (κ2) is 12.1. The summed E-state index contributed by atoms with van der Waals surface area (Å²) in [5.41, 5.74) is 6.90. The van der Waals surface area contributed by atoms with Crippen LogP contribution < -0.4 is 18.9 Å². The van der Waals surface area contributed by atoms with Gasteiger partial charge in [-0.1, -0.05) is 19.4 Å². The van der Waals surface area contributed by atoms with Crippen molar-refractivity contribution in [2.75, 3.05) is 20.3 Å². The molecule has 2 aromatic carbocycles. The molecule has 38 heavy (non-hydrogen) atoms. The van der Waals surface area contributed by atoms with Crippen LogP contribution in [0, 0.1) is 5.92 Å². The molecule has 1 saturated carbocycles. The average molecular weight is 538 g/mol. The van der Waals surface area contributed by atoms with E-state index in [1.165, 1.54) is 12.8 Å². The summed E-state index contributed by atoms with van der Waals surface area (Å²) in [4.78, 5) is 16.0. The van der Waals surface area contributed by atoms with Crippen molar-refractivity contribution in [3.8, 4) is 34.3 Å². The second-order valence-electron chi connectivity index (χ2n) is 9.96. The molecule has 0 bridgehead atoms. The lowest BCUT2D eigenvalue weighted by Gasteiger charge is -2.26. The highest BCUT2D eigenvalue weighted by atomic mass is 32.1. The van der Waals surface area contributed by atoms with Gasteiger partial charge in [0, 0.05) is 28.5 Å². The molecule has 8 heteroatoms. The van der Waals surface area contributed by atoms with Gasteiger partial charge >= 0.3 is 5.97 Å². The second-order valence-corrected chi connectivity index (χ2v) is 10.7. The van der Waals surface area contributed by atoms with Gasteiger partial charge in [-0.05, 0) is 68.2 Å². The predicted molar refractivity (Wildman–Crippen MR) is 147 cm³/mol. The highest BCUT2D eigenvalue weighted by Gasteiger charge is 2.29. The molecule has 0 unspecified atom stereocenters. The summed E-state index contributed by atoms with van der Waals surface area (Å²) in [7, 11) is 1.72. The number of fused-ring (bicyclic) bond motifs is 1. The van der Waals surface area contributed by atoms with Gasteiger partial charge in [0.05, 0.1) is 31.5 Å². The van der Waals surface area contributed by atoms with Gasteiger partial charge < -0.3 is 24.1 Å². The van der Waals surface area contributed by atoms with Crippen LogP contribution in [-0.2, 0) is 24.1 Å². The Labute approximate surface area is 227 Å². The summed E-state index contributed by atoms with van der Waals surface area (Å²) in [5, 5.41) is 11.5. The van der Waals surface area contributed by atoms with Crippen molar-refractivity contribution in [3.05, 3.63) is 51.8 Å². The number of thiazole rings is 1. The number of hydrogen-bond donors (Lipinski definition) is 1. The number of rotatable bonds is 13. The Morgan fingerprint density at radius 3 is 2.53 bits per heavy atom. The zero-order valence-corrected chi connectivity index (χ0v) is 22.9. The van der Waals surface area contributed by atoms with Gasteiger partial charge in [0.2, 0.25) is 0 Å². The molecule has 1 aliphatic heterocycles. The number of aromatic nitrogens is 1. The first kappa shape index (κ1) is 26.4. The van der Waals surface area contributed by atoms with Gasteiger partial charge in [-0.15, -0.1) is 11.3 Å². The average Bonchev–Trinajstić information content (AvgIpc) is 3.58. The number of nitrogens with zero attached hydrogens (tertiary/aromatic N) is 1. The van der Waals surface area contributed by atoms with Crippen LogP contribution in [0.3, 0.4) is 0 Å². The van der Waals surface area contributed by atoms with Crippen molar-refractivity contribution in [1.82, 2.24) is 4.98 Å².